The van der Waals surface area contributed by atoms with Gasteiger partial charge in [0.1, 0.15) is 5.82 Å². The van der Waals surface area contributed by atoms with Crippen molar-refractivity contribution in [1.82, 2.24) is 9.47 Å². The third-order valence-corrected chi connectivity index (χ3v) is 5.89. The fourth-order valence-corrected chi connectivity index (χ4v) is 4.72. The summed E-state index contributed by atoms with van der Waals surface area (Å²) in [5.41, 5.74) is 1.50. The van der Waals surface area contributed by atoms with Gasteiger partial charge in [-0.15, -0.1) is 11.8 Å². The van der Waals surface area contributed by atoms with Gasteiger partial charge in [0, 0.05) is 50.9 Å². The second-order valence-corrected chi connectivity index (χ2v) is 7.43. The Labute approximate surface area is 143 Å². The van der Waals surface area contributed by atoms with E-state index in [0.29, 0.717) is 16.6 Å². The number of hydrogen-bond donors (Lipinski definition) is 1. The minimum Gasteiger partial charge on any atom is -0.366 e. The average Bonchev–Trinajstić information content (AvgIpc) is 2.59. The van der Waals surface area contributed by atoms with Crippen LogP contribution in [0, 0.1) is 11.2 Å². The van der Waals surface area contributed by atoms with Crippen LogP contribution in [0.5, 0.6) is 0 Å². The maximum atomic E-state index is 14.9. The van der Waals surface area contributed by atoms with Gasteiger partial charge in [0.25, 0.3) is 0 Å². The number of benzene rings is 1. The molecule has 0 aliphatic carbocycles. The molecule has 0 spiro atoms. The van der Waals surface area contributed by atoms with Crippen molar-refractivity contribution in [2.24, 2.45) is 0 Å². The first-order valence-electron chi connectivity index (χ1n) is 8.06. The molecule has 0 bridgehead atoms. The highest BCUT2D eigenvalue weighted by Gasteiger charge is 2.27. The van der Waals surface area contributed by atoms with Crippen LogP contribution in [0.25, 0.3) is 10.9 Å². The first kappa shape index (κ1) is 15.7. The Morgan fingerprint density at radius 2 is 2.00 bits per heavy atom. The van der Waals surface area contributed by atoms with Crippen LogP contribution in [-0.2, 0) is 6.54 Å². The summed E-state index contributed by atoms with van der Waals surface area (Å²) >= 11 is 1.63. The van der Waals surface area contributed by atoms with Gasteiger partial charge in [0.05, 0.1) is 27.0 Å². The lowest BCUT2D eigenvalue weighted by molar-refractivity contribution is 0.311. The molecule has 2 aliphatic heterocycles. The molecule has 24 heavy (non-hydrogen) atoms. The highest BCUT2D eigenvalue weighted by Crippen LogP contribution is 2.41. The lowest BCUT2D eigenvalue weighted by Crippen LogP contribution is -2.45. The molecular weight excluding hydrogens is 327 g/mol. The van der Waals surface area contributed by atoms with Gasteiger partial charge in [-0.1, -0.05) is 0 Å². The number of piperazine rings is 1. The number of rotatable bonds is 2. The van der Waals surface area contributed by atoms with Gasteiger partial charge < -0.3 is 19.8 Å². The topological polar surface area (TPSA) is 52.3 Å². The monoisotopic (exact) mass is 346 g/mol. The lowest BCUT2D eigenvalue weighted by atomic mass is 10.1. The van der Waals surface area contributed by atoms with Gasteiger partial charge in [-0.2, -0.15) is 0 Å². The average molecular weight is 346 g/mol. The summed E-state index contributed by atoms with van der Waals surface area (Å²) in [6.07, 6.45) is 2.78. The Bertz CT molecular complexity index is 887. The first-order chi connectivity index (χ1) is 11.6. The van der Waals surface area contributed by atoms with Crippen molar-refractivity contribution in [1.29, 1.82) is 5.41 Å². The molecule has 0 amide bonds. The van der Waals surface area contributed by atoms with E-state index in [0.717, 1.165) is 55.1 Å². The predicted octanol–water partition coefficient (Wildman–Crippen LogP) is 2.00. The van der Waals surface area contributed by atoms with Crippen LogP contribution in [0.4, 0.5) is 10.1 Å². The Hall–Kier alpha value is -1.86. The summed E-state index contributed by atoms with van der Waals surface area (Å²) in [4.78, 5) is 17.7. The van der Waals surface area contributed by atoms with E-state index in [2.05, 4.69) is 16.8 Å². The summed E-state index contributed by atoms with van der Waals surface area (Å²) in [5, 5.41) is 7.81. The molecule has 2 aliphatic rings. The van der Waals surface area contributed by atoms with Gasteiger partial charge in [0.15, 0.2) is 5.43 Å². The Morgan fingerprint density at radius 1 is 1.25 bits per heavy atom. The standard InChI is InChI=1S/C17H19FN4OS/c1-20-2-4-21(5-3-20)15-13(18)8-12-14-17(15)24-7-6-22(14)10-11(9-19)16(12)23/h8-10,19H,2-7H2,1H3. The predicted molar refractivity (Wildman–Crippen MR) is 96.5 cm³/mol. The van der Waals surface area contributed by atoms with E-state index in [-0.39, 0.29) is 11.2 Å². The van der Waals surface area contributed by atoms with E-state index in [1.165, 1.54) is 6.07 Å². The van der Waals surface area contributed by atoms with E-state index in [4.69, 9.17) is 5.41 Å². The molecule has 2 aromatic rings. The largest absolute Gasteiger partial charge is 0.366 e. The molecule has 1 saturated heterocycles. The molecule has 1 fully saturated rings. The van der Waals surface area contributed by atoms with Crippen LogP contribution in [0.1, 0.15) is 5.56 Å². The van der Waals surface area contributed by atoms with Crippen molar-refractivity contribution >= 4 is 34.6 Å². The second kappa shape index (κ2) is 5.89. The van der Waals surface area contributed by atoms with E-state index in [1.54, 1.807) is 18.0 Å². The third kappa shape index (κ3) is 2.34. The van der Waals surface area contributed by atoms with Crippen molar-refractivity contribution in [3.8, 4) is 0 Å². The van der Waals surface area contributed by atoms with Crippen molar-refractivity contribution in [2.75, 3.05) is 43.9 Å². The van der Waals surface area contributed by atoms with E-state index >= 15 is 0 Å². The Balaban J connectivity index is 1.97. The fraction of sp³-hybridized carbons (Fsp3) is 0.412. The molecule has 3 heterocycles. The SMILES string of the molecule is CN1CCN(c2c(F)cc3c(=O)c(C=N)cn4c3c2SCC4)CC1. The number of nitrogens with one attached hydrogen (secondary N) is 1. The minimum atomic E-state index is -0.331. The molecule has 1 aromatic heterocycles. The van der Waals surface area contributed by atoms with E-state index in [1.807, 2.05) is 4.57 Å². The fourth-order valence-electron chi connectivity index (χ4n) is 3.50. The number of aromatic nitrogens is 1. The number of halogens is 1. The molecule has 1 aromatic carbocycles. The summed E-state index contributed by atoms with van der Waals surface area (Å²) in [5.74, 6) is 0.509. The van der Waals surface area contributed by atoms with Gasteiger partial charge >= 0.3 is 0 Å². The highest BCUT2D eigenvalue weighted by atomic mass is 32.2. The van der Waals surface area contributed by atoms with Gasteiger partial charge in [-0.3, -0.25) is 4.79 Å². The second-order valence-electron chi connectivity index (χ2n) is 6.32. The molecule has 126 valence electrons. The summed E-state index contributed by atoms with van der Waals surface area (Å²) in [6, 6.07) is 1.37. The van der Waals surface area contributed by atoms with E-state index < -0.39 is 0 Å². The Kier molecular flexibility index (Phi) is 3.85. The number of hydrogen-bond acceptors (Lipinski definition) is 5. The number of anilines is 1. The quantitative estimate of drug-likeness (QED) is 0.845. The maximum Gasteiger partial charge on any atom is 0.198 e. The highest BCUT2D eigenvalue weighted by molar-refractivity contribution is 7.99. The normalized spacial score (nSPS) is 18.2. The van der Waals surface area contributed by atoms with Crippen molar-refractivity contribution < 1.29 is 4.39 Å². The summed E-state index contributed by atoms with van der Waals surface area (Å²) in [7, 11) is 2.07. The molecule has 0 atom stereocenters. The number of aryl methyl sites for hydroxylation is 1. The van der Waals surface area contributed by atoms with E-state index in [9.17, 15) is 9.18 Å². The zero-order chi connectivity index (χ0) is 16.8. The minimum absolute atomic E-state index is 0.260. The van der Waals surface area contributed by atoms with Crippen LogP contribution >= 0.6 is 11.8 Å². The maximum absolute atomic E-state index is 14.9. The molecular formula is C17H19FN4OS. The molecule has 0 radical (unpaired) electrons. The zero-order valence-corrected chi connectivity index (χ0v) is 14.3. The smallest absolute Gasteiger partial charge is 0.198 e. The molecule has 0 saturated carbocycles. The van der Waals surface area contributed by atoms with Crippen LogP contribution in [0.2, 0.25) is 0 Å². The summed E-state index contributed by atoms with van der Waals surface area (Å²) < 4.78 is 16.9. The molecule has 0 unspecified atom stereocenters. The molecule has 7 heteroatoms. The number of thioether (sulfide) groups is 1. The number of pyridine rings is 1. The number of nitrogens with zero attached hydrogens (tertiary/aromatic N) is 3. The van der Waals surface area contributed by atoms with Crippen LogP contribution < -0.4 is 10.3 Å². The number of likely N-dealkylation sites (N-methyl/N-ethyl adjacent to an activating group) is 1. The van der Waals surface area contributed by atoms with Gasteiger partial charge in [-0.25, -0.2) is 4.39 Å². The zero-order valence-electron chi connectivity index (χ0n) is 13.5. The van der Waals surface area contributed by atoms with Gasteiger partial charge in [0.2, 0.25) is 0 Å². The Morgan fingerprint density at radius 3 is 2.71 bits per heavy atom. The third-order valence-electron chi connectivity index (χ3n) is 4.83. The van der Waals surface area contributed by atoms with Crippen LogP contribution in [0.3, 0.4) is 0 Å². The molecule has 5 nitrogen and oxygen atoms in total. The van der Waals surface area contributed by atoms with Crippen molar-refractivity contribution in [2.45, 2.75) is 11.4 Å². The summed E-state index contributed by atoms with van der Waals surface area (Å²) in [6.45, 7) is 4.15. The lowest BCUT2D eigenvalue weighted by Gasteiger charge is -2.36. The van der Waals surface area contributed by atoms with Crippen LogP contribution in [0.15, 0.2) is 22.0 Å². The van der Waals surface area contributed by atoms with Gasteiger partial charge in [-0.05, 0) is 13.1 Å². The van der Waals surface area contributed by atoms with Crippen molar-refractivity contribution in [3.63, 3.8) is 0 Å². The first-order valence-corrected chi connectivity index (χ1v) is 9.05. The van der Waals surface area contributed by atoms with Crippen molar-refractivity contribution in [3.05, 3.63) is 33.9 Å². The van der Waals surface area contributed by atoms with Crippen LogP contribution in [-0.4, -0.2) is 54.7 Å². The molecule has 4 rings (SSSR count). The molecule has 1 N–H and O–H groups in total.